The summed E-state index contributed by atoms with van der Waals surface area (Å²) in [4.78, 5) is 36.8. The molecule has 9 nitrogen and oxygen atoms in total. The molecule has 0 radical (unpaired) electrons. The molecule has 1 aromatic rings. The van der Waals surface area contributed by atoms with Gasteiger partial charge in [0.05, 0.1) is 42.4 Å². The Kier molecular flexibility index (Phi) is 7.46. The molecule has 2 rings (SSSR count). The number of sulfonamides is 1. The van der Waals surface area contributed by atoms with Crippen LogP contribution in [0.1, 0.15) is 16.8 Å². The summed E-state index contributed by atoms with van der Waals surface area (Å²) in [6.07, 6.45) is 2.64. The van der Waals surface area contributed by atoms with E-state index in [1.54, 1.807) is 0 Å². The maximum absolute atomic E-state index is 12.1. The van der Waals surface area contributed by atoms with E-state index in [-0.39, 0.29) is 36.1 Å². The van der Waals surface area contributed by atoms with Crippen molar-refractivity contribution in [3.05, 3.63) is 40.9 Å². The number of amides is 1. The molecule has 0 bridgehead atoms. The topological polar surface area (TPSA) is 119 Å². The van der Waals surface area contributed by atoms with Gasteiger partial charge in [0.1, 0.15) is 0 Å². The highest BCUT2D eigenvalue weighted by molar-refractivity contribution is 8.04. The van der Waals surface area contributed by atoms with Gasteiger partial charge >= 0.3 is 11.9 Å². The molecule has 1 N–H and O–H groups in total. The lowest BCUT2D eigenvalue weighted by molar-refractivity contribution is -0.134. The van der Waals surface area contributed by atoms with Gasteiger partial charge in [-0.1, -0.05) is 17.8 Å². The van der Waals surface area contributed by atoms with E-state index in [9.17, 15) is 22.8 Å². The molecule has 1 aliphatic rings. The second-order valence-corrected chi connectivity index (χ2v) is 8.53. The molecule has 11 heteroatoms. The van der Waals surface area contributed by atoms with E-state index >= 15 is 0 Å². The van der Waals surface area contributed by atoms with Crippen LogP contribution in [0.4, 0.5) is 5.69 Å². The number of carbonyl (C=O) groups is 3. The first-order valence-electron chi connectivity index (χ1n) is 8.17. The van der Waals surface area contributed by atoms with E-state index in [1.807, 2.05) is 0 Å². The van der Waals surface area contributed by atoms with Crippen molar-refractivity contribution in [1.82, 2.24) is 4.90 Å². The van der Waals surface area contributed by atoms with E-state index in [0.29, 0.717) is 11.4 Å². The van der Waals surface area contributed by atoms with E-state index in [2.05, 4.69) is 9.46 Å². The number of esters is 2. The summed E-state index contributed by atoms with van der Waals surface area (Å²) in [5.74, 6) is -1.05. The Morgan fingerprint density at radius 1 is 1.36 bits per heavy atom. The summed E-state index contributed by atoms with van der Waals surface area (Å²) < 4.78 is 34.5. The van der Waals surface area contributed by atoms with Crippen molar-refractivity contribution >= 4 is 45.3 Å². The summed E-state index contributed by atoms with van der Waals surface area (Å²) in [5.41, 5.74) is 0.460. The first kappa shape index (κ1) is 21.8. The zero-order chi connectivity index (χ0) is 20.7. The monoisotopic (exact) mass is 428 g/mol. The van der Waals surface area contributed by atoms with Crippen LogP contribution in [0.3, 0.4) is 0 Å². The molecule has 0 unspecified atom stereocenters. The first-order valence-corrected chi connectivity index (χ1v) is 11.0. The number of rotatable bonds is 8. The van der Waals surface area contributed by atoms with Gasteiger partial charge in [-0.25, -0.2) is 18.0 Å². The predicted octanol–water partition coefficient (Wildman–Crippen LogP) is 1.19. The number of hydrogen-bond acceptors (Lipinski definition) is 8. The molecule has 0 aliphatic carbocycles. The lowest BCUT2D eigenvalue weighted by Crippen LogP contribution is -2.27. The molecule has 0 saturated carbocycles. The highest BCUT2D eigenvalue weighted by Crippen LogP contribution is 2.28. The summed E-state index contributed by atoms with van der Waals surface area (Å²) >= 11 is 1.24. The maximum atomic E-state index is 12.1. The van der Waals surface area contributed by atoms with E-state index in [0.717, 1.165) is 6.26 Å². The quantitative estimate of drug-likeness (QED) is 0.373. The van der Waals surface area contributed by atoms with Crippen LogP contribution < -0.4 is 4.72 Å². The predicted molar refractivity (Wildman–Crippen MR) is 104 cm³/mol. The van der Waals surface area contributed by atoms with Crippen molar-refractivity contribution in [2.45, 2.75) is 6.42 Å². The van der Waals surface area contributed by atoms with Crippen LogP contribution in [0.15, 0.2) is 35.4 Å². The minimum atomic E-state index is -3.45. The number of anilines is 1. The molecule has 1 amide bonds. The molecule has 0 spiro atoms. The molecule has 1 aromatic carbocycles. The van der Waals surface area contributed by atoms with Gasteiger partial charge in [0.15, 0.2) is 0 Å². The highest BCUT2D eigenvalue weighted by Gasteiger charge is 2.27. The van der Waals surface area contributed by atoms with Crippen LogP contribution in [-0.4, -0.2) is 63.4 Å². The largest absolute Gasteiger partial charge is 0.466 e. The molecule has 152 valence electrons. The number of thioether (sulfide) groups is 1. The van der Waals surface area contributed by atoms with Crippen LogP contribution in [0.25, 0.3) is 0 Å². The Bertz CT molecular complexity index is 897. The van der Waals surface area contributed by atoms with Crippen molar-refractivity contribution in [2.24, 2.45) is 0 Å². The van der Waals surface area contributed by atoms with Crippen molar-refractivity contribution in [1.29, 1.82) is 0 Å². The minimum Gasteiger partial charge on any atom is -0.466 e. The second-order valence-electron chi connectivity index (χ2n) is 5.78. The zero-order valence-electron chi connectivity index (χ0n) is 15.3. The van der Waals surface area contributed by atoms with Crippen LogP contribution in [0.5, 0.6) is 0 Å². The van der Waals surface area contributed by atoms with Crippen LogP contribution in [-0.2, 0) is 29.1 Å². The molecule has 1 heterocycles. The van der Waals surface area contributed by atoms with Crippen LogP contribution >= 0.6 is 11.8 Å². The first-order chi connectivity index (χ1) is 13.2. The number of nitrogens with one attached hydrogen (secondary N) is 1. The summed E-state index contributed by atoms with van der Waals surface area (Å²) in [5, 5.41) is 0.503. The lowest BCUT2D eigenvalue weighted by Gasteiger charge is -2.16. The van der Waals surface area contributed by atoms with Crippen molar-refractivity contribution in [3.63, 3.8) is 0 Å². The van der Waals surface area contributed by atoms with Gasteiger partial charge in [-0.15, -0.1) is 0 Å². The molecular formula is C17H20N2O7S2. The number of hydrogen-bond donors (Lipinski definition) is 1. The van der Waals surface area contributed by atoms with Crippen LogP contribution in [0, 0.1) is 0 Å². The zero-order valence-corrected chi connectivity index (χ0v) is 17.0. The van der Waals surface area contributed by atoms with E-state index in [1.165, 1.54) is 54.1 Å². The van der Waals surface area contributed by atoms with Gasteiger partial charge in [0.2, 0.25) is 15.9 Å². The van der Waals surface area contributed by atoms with Gasteiger partial charge in [0.25, 0.3) is 0 Å². The summed E-state index contributed by atoms with van der Waals surface area (Å²) in [6.45, 7) is 0.347. The third-order valence-electron chi connectivity index (χ3n) is 3.51. The Morgan fingerprint density at radius 2 is 2.11 bits per heavy atom. The molecule has 28 heavy (non-hydrogen) atoms. The number of carbonyl (C=O) groups excluding carboxylic acids is 3. The molecular weight excluding hydrogens is 408 g/mol. The standard InChI is InChI=1S/C17H20N2O7S2/c1-25-16(21)10-15-19(14(20)11-27-15)7-4-8-26-17(22)12-5-3-6-13(9-12)18-28(2,23)24/h3,5-6,9-10,18H,4,7-8,11H2,1-2H3. The Balaban J connectivity index is 1.87. The average molecular weight is 428 g/mol. The van der Waals surface area contributed by atoms with Gasteiger partial charge in [0, 0.05) is 12.2 Å². The molecule has 1 aliphatic heterocycles. The SMILES string of the molecule is COC(=O)C=C1SCC(=O)N1CCCOC(=O)c1cccc(NS(C)(=O)=O)c1. The number of methoxy groups -OCH3 is 1. The van der Waals surface area contributed by atoms with Crippen molar-refractivity contribution < 1.29 is 32.3 Å². The second kappa shape index (κ2) is 9.60. The summed E-state index contributed by atoms with van der Waals surface area (Å²) in [6, 6.07) is 5.94. The fourth-order valence-electron chi connectivity index (χ4n) is 2.32. The average Bonchev–Trinajstić information content (AvgIpc) is 2.97. The van der Waals surface area contributed by atoms with Gasteiger partial charge < -0.3 is 14.4 Å². The smallest absolute Gasteiger partial charge is 0.338 e. The maximum Gasteiger partial charge on any atom is 0.338 e. The van der Waals surface area contributed by atoms with Gasteiger partial charge in [-0.2, -0.15) is 0 Å². The van der Waals surface area contributed by atoms with Gasteiger partial charge in [-0.3, -0.25) is 9.52 Å². The van der Waals surface area contributed by atoms with Gasteiger partial charge in [-0.05, 0) is 24.6 Å². The third-order valence-corrected chi connectivity index (χ3v) is 5.15. The van der Waals surface area contributed by atoms with Crippen LogP contribution in [0.2, 0.25) is 0 Å². The van der Waals surface area contributed by atoms with E-state index < -0.39 is 22.0 Å². The van der Waals surface area contributed by atoms with Crippen molar-refractivity contribution in [3.8, 4) is 0 Å². The Labute approximate surface area is 167 Å². The fourth-order valence-corrected chi connectivity index (χ4v) is 3.83. The normalized spacial score (nSPS) is 15.6. The third kappa shape index (κ3) is 6.57. The number of ether oxygens (including phenoxy) is 2. The Morgan fingerprint density at radius 3 is 2.79 bits per heavy atom. The fraction of sp³-hybridized carbons (Fsp3) is 0.353. The van der Waals surface area contributed by atoms with Crippen molar-refractivity contribution in [2.75, 3.05) is 37.0 Å². The molecule has 1 fully saturated rings. The molecule has 0 aromatic heterocycles. The lowest BCUT2D eigenvalue weighted by atomic mass is 10.2. The van der Waals surface area contributed by atoms with E-state index in [4.69, 9.17) is 4.74 Å². The Hall–Kier alpha value is -2.53. The number of nitrogens with zero attached hydrogens (tertiary/aromatic N) is 1. The highest BCUT2D eigenvalue weighted by atomic mass is 32.2. The molecule has 1 saturated heterocycles. The molecule has 0 atom stereocenters. The summed E-state index contributed by atoms with van der Waals surface area (Å²) in [7, 11) is -2.20. The minimum absolute atomic E-state index is 0.0581. The number of benzene rings is 1.